The lowest BCUT2D eigenvalue weighted by Crippen LogP contribution is -2.48. The van der Waals surface area contributed by atoms with E-state index in [0.717, 1.165) is 49.2 Å². The highest BCUT2D eigenvalue weighted by atomic mass is 79.9. The van der Waals surface area contributed by atoms with Crippen LogP contribution < -0.4 is 9.62 Å². The second kappa shape index (κ2) is 11.7. The van der Waals surface area contributed by atoms with E-state index >= 15 is 0 Å². The van der Waals surface area contributed by atoms with Crippen LogP contribution in [0.5, 0.6) is 0 Å². The summed E-state index contributed by atoms with van der Waals surface area (Å²) in [5, 5.41) is 0. The van der Waals surface area contributed by atoms with Gasteiger partial charge in [-0.25, -0.2) is 8.42 Å². The van der Waals surface area contributed by atoms with Crippen LogP contribution in [-0.4, -0.2) is 45.4 Å². The van der Waals surface area contributed by atoms with E-state index < -0.39 is 10.0 Å². The largest absolute Gasteiger partial charge is 0.368 e. The third-order valence-electron chi connectivity index (χ3n) is 5.74. The van der Waals surface area contributed by atoms with Crippen LogP contribution in [0.2, 0.25) is 0 Å². The number of amides is 1. The maximum atomic E-state index is 12.6. The van der Waals surface area contributed by atoms with Gasteiger partial charge in [-0.3, -0.25) is 9.52 Å². The number of nitrogens with zero attached hydrogens (tertiary/aromatic N) is 2. The topological polar surface area (TPSA) is 69.7 Å². The number of sulfonamides is 1. The summed E-state index contributed by atoms with van der Waals surface area (Å²) in [6.45, 7) is 5.22. The molecule has 1 aliphatic heterocycles. The third kappa shape index (κ3) is 6.97. The van der Waals surface area contributed by atoms with Crippen molar-refractivity contribution in [1.29, 1.82) is 0 Å². The Morgan fingerprint density at radius 3 is 2.16 bits per heavy atom. The Kier molecular flexibility index (Phi) is 8.99. The fourth-order valence-electron chi connectivity index (χ4n) is 3.82. The summed E-state index contributed by atoms with van der Waals surface area (Å²) in [5.74, 6) is 0.263. The van der Waals surface area contributed by atoms with Crippen LogP contribution in [0.1, 0.15) is 45.4 Å². The maximum Gasteiger partial charge on any atom is 0.261 e. The van der Waals surface area contributed by atoms with Crippen molar-refractivity contribution >= 4 is 43.2 Å². The number of nitrogens with one attached hydrogen (secondary N) is 1. The molecule has 0 spiro atoms. The van der Waals surface area contributed by atoms with Gasteiger partial charge in [0.15, 0.2) is 0 Å². The van der Waals surface area contributed by atoms with E-state index in [1.165, 1.54) is 19.3 Å². The first-order valence-electron chi connectivity index (χ1n) is 11.3. The van der Waals surface area contributed by atoms with Crippen molar-refractivity contribution in [3.63, 3.8) is 0 Å². The first-order valence-corrected chi connectivity index (χ1v) is 13.6. The van der Waals surface area contributed by atoms with Crippen molar-refractivity contribution in [3.05, 3.63) is 53.0 Å². The van der Waals surface area contributed by atoms with Gasteiger partial charge < -0.3 is 9.80 Å². The van der Waals surface area contributed by atoms with Crippen molar-refractivity contribution in [1.82, 2.24) is 4.90 Å². The van der Waals surface area contributed by atoms with Gasteiger partial charge >= 0.3 is 0 Å². The summed E-state index contributed by atoms with van der Waals surface area (Å²) < 4.78 is 28.6. The zero-order valence-electron chi connectivity index (χ0n) is 18.6. The van der Waals surface area contributed by atoms with Gasteiger partial charge in [-0.15, -0.1) is 0 Å². The van der Waals surface area contributed by atoms with Crippen LogP contribution in [0.4, 0.5) is 11.4 Å². The van der Waals surface area contributed by atoms with Crippen LogP contribution in [0.25, 0.3) is 0 Å². The average molecular weight is 523 g/mol. The Morgan fingerprint density at radius 1 is 0.906 bits per heavy atom. The number of benzene rings is 2. The van der Waals surface area contributed by atoms with Crippen LogP contribution in [-0.2, 0) is 14.8 Å². The lowest BCUT2D eigenvalue weighted by Gasteiger charge is -2.36. The molecular weight excluding hydrogens is 490 g/mol. The highest BCUT2D eigenvalue weighted by molar-refractivity contribution is 9.10. The molecule has 1 saturated heterocycles. The molecule has 32 heavy (non-hydrogen) atoms. The predicted octanol–water partition coefficient (Wildman–Crippen LogP) is 5.26. The van der Waals surface area contributed by atoms with Crippen molar-refractivity contribution in [2.75, 3.05) is 35.8 Å². The fraction of sp³-hybridized carbons (Fsp3) is 0.458. The molecule has 1 aliphatic rings. The minimum absolute atomic E-state index is 0.218. The number of rotatable bonds is 10. The molecule has 0 saturated carbocycles. The van der Waals surface area contributed by atoms with E-state index in [9.17, 15) is 13.2 Å². The van der Waals surface area contributed by atoms with Crippen LogP contribution in [0.15, 0.2) is 57.9 Å². The molecule has 0 unspecified atom stereocenters. The molecule has 3 rings (SSSR count). The number of piperazine rings is 1. The monoisotopic (exact) mass is 521 g/mol. The molecule has 8 heteroatoms. The van der Waals surface area contributed by atoms with E-state index in [1.807, 2.05) is 17.0 Å². The Labute approximate surface area is 200 Å². The number of unbranched alkanes of at least 4 members (excludes halogenated alkanes) is 4. The molecule has 0 radical (unpaired) electrons. The van der Waals surface area contributed by atoms with E-state index in [4.69, 9.17) is 0 Å². The Hall–Kier alpha value is -2.06. The number of carbonyl (C=O) groups excluding carboxylic acids is 1. The lowest BCUT2D eigenvalue weighted by atomic mass is 10.1. The minimum atomic E-state index is -3.63. The van der Waals surface area contributed by atoms with Gasteiger partial charge in [-0.1, -0.05) is 48.5 Å². The first kappa shape index (κ1) is 24.6. The highest BCUT2D eigenvalue weighted by Gasteiger charge is 2.21. The normalized spacial score (nSPS) is 14.4. The van der Waals surface area contributed by atoms with Gasteiger partial charge in [0, 0.05) is 48.4 Å². The van der Waals surface area contributed by atoms with Gasteiger partial charge in [0.2, 0.25) is 5.91 Å². The molecule has 0 bridgehead atoms. The molecule has 1 N–H and O–H groups in total. The molecule has 1 amide bonds. The molecule has 2 aromatic rings. The number of carbonyl (C=O) groups is 1. The predicted molar refractivity (Wildman–Crippen MR) is 134 cm³/mol. The third-order valence-corrected chi connectivity index (χ3v) is 7.66. The average Bonchev–Trinajstić information content (AvgIpc) is 2.79. The molecule has 174 valence electrons. The molecule has 2 aromatic carbocycles. The van der Waals surface area contributed by atoms with E-state index in [1.54, 1.807) is 36.4 Å². The van der Waals surface area contributed by atoms with Crippen LogP contribution in [0, 0.1) is 0 Å². The summed E-state index contributed by atoms with van der Waals surface area (Å²) in [6, 6.07) is 13.9. The zero-order chi connectivity index (χ0) is 23.0. The van der Waals surface area contributed by atoms with Gasteiger partial charge in [0.1, 0.15) is 0 Å². The number of hydrogen-bond donors (Lipinski definition) is 1. The first-order chi connectivity index (χ1) is 15.4. The summed E-state index contributed by atoms with van der Waals surface area (Å²) in [6.07, 6.45) is 6.45. The van der Waals surface area contributed by atoms with Crippen LogP contribution >= 0.6 is 15.9 Å². The summed E-state index contributed by atoms with van der Waals surface area (Å²) >= 11 is 3.31. The number of halogens is 1. The van der Waals surface area contributed by atoms with E-state index in [0.29, 0.717) is 12.1 Å². The Balaban J connectivity index is 1.48. The molecule has 6 nitrogen and oxygen atoms in total. The highest BCUT2D eigenvalue weighted by Crippen LogP contribution is 2.23. The molecule has 0 aliphatic carbocycles. The van der Waals surface area contributed by atoms with Crippen LogP contribution in [0.3, 0.4) is 0 Å². The molecule has 0 aromatic heterocycles. The van der Waals surface area contributed by atoms with Gasteiger partial charge in [0.05, 0.1) is 4.90 Å². The smallest absolute Gasteiger partial charge is 0.261 e. The van der Waals surface area contributed by atoms with Crippen molar-refractivity contribution < 1.29 is 13.2 Å². The lowest BCUT2D eigenvalue weighted by molar-refractivity contribution is -0.131. The Morgan fingerprint density at radius 2 is 1.53 bits per heavy atom. The molecular formula is C24H32BrN3O3S. The summed E-state index contributed by atoms with van der Waals surface area (Å²) in [5.41, 5.74) is 1.55. The maximum absolute atomic E-state index is 12.6. The van der Waals surface area contributed by atoms with E-state index in [-0.39, 0.29) is 10.8 Å². The SMILES string of the molecule is CCCCCCCC(=O)N1CCN(c2ccc(NS(=O)(=O)c3ccc(Br)cc3)cc2)CC1. The number of anilines is 2. The van der Waals surface area contributed by atoms with Gasteiger partial charge in [-0.05, 0) is 55.0 Å². The molecule has 1 heterocycles. The van der Waals surface area contributed by atoms with E-state index in [2.05, 4.69) is 32.5 Å². The quantitative estimate of drug-likeness (QED) is 0.433. The Bertz CT molecular complexity index is 971. The standard InChI is InChI=1S/C24H32BrN3O3S/c1-2-3-4-5-6-7-24(29)28-18-16-27(17-19-28)22-12-10-21(11-13-22)26-32(30,31)23-14-8-20(25)9-15-23/h8-15,26H,2-7,16-19H2,1H3. The summed E-state index contributed by atoms with van der Waals surface area (Å²) in [7, 11) is -3.63. The second-order valence-corrected chi connectivity index (χ2v) is 10.7. The zero-order valence-corrected chi connectivity index (χ0v) is 21.0. The molecule has 0 atom stereocenters. The fourth-order valence-corrected chi connectivity index (χ4v) is 5.14. The minimum Gasteiger partial charge on any atom is -0.368 e. The van der Waals surface area contributed by atoms with Gasteiger partial charge in [0.25, 0.3) is 10.0 Å². The second-order valence-electron chi connectivity index (χ2n) is 8.14. The van der Waals surface area contributed by atoms with Crippen molar-refractivity contribution in [2.24, 2.45) is 0 Å². The van der Waals surface area contributed by atoms with Crippen molar-refractivity contribution in [3.8, 4) is 0 Å². The summed E-state index contributed by atoms with van der Waals surface area (Å²) in [4.78, 5) is 16.8. The van der Waals surface area contributed by atoms with Crippen molar-refractivity contribution in [2.45, 2.75) is 50.3 Å². The number of hydrogen-bond acceptors (Lipinski definition) is 4. The van der Waals surface area contributed by atoms with Gasteiger partial charge in [-0.2, -0.15) is 0 Å². The molecule has 1 fully saturated rings.